The molecular formula is C20H25NO3. The van der Waals surface area contributed by atoms with Crippen molar-refractivity contribution in [2.75, 3.05) is 19.6 Å². The molecule has 1 atom stereocenters. The van der Waals surface area contributed by atoms with Crippen molar-refractivity contribution in [2.45, 2.75) is 31.5 Å². The van der Waals surface area contributed by atoms with E-state index < -0.39 is 11.7 Å². The van der Waals surface area contributed by atoms with Crippen molar-refractivity contribution in [3.05, 3.63) is 65.2 Å². The Balaban J connectivity index is 1.58. The number of aliphatic hydroxyl groups is 2. The van der Waals surface area contributed by atoms with E-state index in [2.05, 4.69) is 4.90 Å². The summed E-state index contributed by atoms with van der Waals surface area (Å²) in [5, 5.41) is 30.6. The lowest BCUT2D eigenvalue weighted by molar-refractivity contribution is -0.0344. The molecule has 2 aromatic rings. The molecule has 0 radical (unpaired) electrons. The van der Waals surface area contributed by atoms with Crippen LogP contribution in [-0.2, 0) is 5.60 Å². The highest BCUT2D eigenvalue weighted by molar-refractivity contribution is 5.28. The van der Waals surface area contributed by atoms with Crippen LogP contribution in [0, 0.1) is 6.92 Å². The highest BCUT2D eigenvalue weighted by Gasteiger charge is 2.34. The third-order valence-corrected chi connectivity index (χ3v) is 4.98. The molecule has 1 unspecified atom stereocenters. The van der Waals surface area contributed by atoms with Crippen LogP contribution in [0.25, 0.3) is 0 Å². The summed E-state index contributed by atoms with van der Waals surface area (Å²) in [6.07, 6.45) is 0.743. The lowest BCUT2D eigenvalue weighted by Gasteiger charge is -2.39. The Labute approximate surface area is 143 Å². The first-order valence-electron chi connectivity index (χ1n) is 8.45. The van der Waals surface area contributed by atoms with Crippen LogP contribution < -0.4 is 0 Å². The number of rotatable bonds is 4. The summed E-state index contributed by atoms with van der Waals surface area (Å²) in [6.45, 7) is 4.08. The molecule has 3 N–H and O–H groups in total. The van der Waals surface area contributed by atoms with Crippen molar-refractivity contribution in [2.24, 2.45) is 0 Å². The molecule has 0 aliphatic carbocycles. The monoisotopic (exact) mass is 327 g/mol. The van der Waals surface area contributed by atoms with Crippen molar-refractivity contribution in [1.29, 1.82) is 0 Å². The minimum absolute atomic E-state index is 0.201. The quantitative estimate of drug-likeness (QED) is 0.808. The van der Waals surface area contributed by atoms with Crippen LogP contribution in [0.1, 0.15) is 35.6 Å². The summed E-state index contributed by atoms with van der Waals surface area (Å²) < 4.78 is 0. The summed E-state index contributed by atoms with van der Waals surface area (Å²) >= 11 is 0. The fourth-order valence-corrected chi connectivity index (χ4v) is 3.30. The van der Waals surface area contributed by atoms with Gasteiger partial charge in [0, 0.05) is 19.6 Å². The number of likely N-dealkylation sites (tertiary alicyclic amines) is 1. The Morgan fingerprint density at radius 3 is 2.17 bits per heavy atom. The van der Waals surface area contributed by atoms with Gasteiger partial charge in [0.25, 0.3) is 0 Å². The molecule has 0 spiro atoms. The zero-order chi connectivity index (χ0) is 17.2. The number of hydrogen-bond acceptors (Lipinski definition) is 4. The SMILES string of the molecule is Cc1ccc(C2(O)CCN(CC(O)c3ccc(O)cc3)CC2)cc1. The number of phenols is 1. The summed E-state index contributed by atoms with van der Waals surface area (Å²) in [5.41, 5.74) is 2.20. The van der Waals surface area contributed by atoms with Crippen LogP contribution in [0.15, 0.2) is 48.5 Å². The fourth-order valence-electron chi connectivity index (χ4n) is 3.30. The molecule has 1 heterocycles. The van der Waals surface area contributed by atoms with Crippen LogP contribution in [0.2, 0.25) is 0 Å². The molecule has 0 amide bonds. The lowest BCUT2D eigenvalue weighted by Crippen LogP contribution is -2.43. The Morgan fingerprint density at radius 2 is 1.58 bits per heavy atom. The van der Waals surface area contributed by atoms with Crippen molar-refractivity contribution in [3.8, 4) is 5.75 Å². The third kappa shape index (κ3) is 3.78. The van der Waals surface area contributed by atoms with Gasteiger partial charge in [0.15, 0.2) is 0 Å². The molecule has 1 aliphatic heterocycles. The van der Waals surface area contributed by atoms with E-state index in [0.29, 0.717) is 19.4 Å². The van der Waals surface area contributed by atoms with Crippen LogP contribution >= 0.6 is 0 Å². The number of β-amino-alcohol motifs (C(OH)–C–C–N with tert-alkyl or cyclic N) is 1. The predicted octanol–water partition coefficient (Wildman–Crippen LogP) is 2.72. The first kappa shape index (κ1) is 17.0. The molecule has 4 nitrogen and oxygen atoms in total. The van der Waals surface area contributed by atoms with Crippen molar-refractivity contribution >= 4 is 0 Å². The first-order chi connectivity index (χ1) is 11.5. The van der Waals surface area contributed by atoms with Crippen LogP contribution in [0.4, 0.5) is 0 Å². The number of aryl methyl sites for hydroxylation is 1. The number of aliphatic hydroxyl groups excluding tert-OH is 1. The third-order valence-electron chi connectivity index (χ3n) is 4.98. The number of phenolic OH excluding ortho intramolecular Hbond substituents is 1. The van der Waals surface area contributed by atoms with E-state index >= 15 is 0 Å². The summed E-state index contributed by atoms with van der Waals surface area (Å²) in [7, 11) is 0. The number of piperidine rings is 1. The van der Waals surface area contributed by atoms with Crippen LogP contribution in [0.3, 0.4) is 0 Å². The van der Waals surface area contributed by atoms with Gasteiger partial charge in [-0.3, -0.25) is 0 Å². The maximum atomic E-state index is 10.9. The van der Waals surface area contributed by atoms with Gasteiger partial charge < -0.3 is 20.2 Å². The van der Waals surface area contributed by atoms with Crippen molar-refractivity contribution in [3.63, 3.8) is 0 Å². The van der Waals surface area contributed by atoms with Gasteiger partial charge >= 0.3 is 0 Å². The highest BCUT2D eigenvalue weighted by atomic mass is 16.3. The standard InChI is InChI=1S/C20H25NO3/c1-15-2-6-17(7-3-15)20(24)10-12-21(13-11-20)14-19(23)16-4-8-18(22)9-5-16/h2-9,19,22-24H,10-14H2,1H3. The minimum atomic E-state index is -0.770. The van der Waals surface area contributed by atoms with Crippen molar-refractivity contribution in [1.82, 2.24) is 4.90 Å². The van der Waals surface area contributed by atoms with Gasteiger partial charge in [-0.05, 0) is 43.0 Å². The smallest absolute Gasteiger partial charge is 0.115 e. The number of benzene rings is 2. The van der Waals surface area contributed by atoms with Crippen LogP contribution in [-0.4, -0.2) is 39.9 Å². The second-order valence-electron chi connectivity index (χ2n) is 6.81. The van der Waals surface area contributed by atoms with E-state index in [1.165, 1.54) is 5.56 Å². The van der Waals surface area contributed by atoms with Gasteiger partial charge in [0.1, 0.15) is 5.75 Å². The van der Waals surface area contributed by atoms with E-state index in [4.69, 9.17) is 0 Å². The summed E-state index contributed by atoms with van der Waals surface area (Å²) in [4.78, 5) is 2.18. The first-order valence-corrected chi connectivity index (χ1v) is 8.45. The molecule has 0 aromatic heterocycles. The van der Waals surface area contributed by atoms with Crippen LogP contribution in [0.5, 0.6) is 5.75 Å². The molecule has 1 saturated heterocycles. The average Bonchev–Trinajstić information content (AvgIpc) is 2.58. The Kier molecular flexibility index (Phi) is 4.90. The van der Waals surface area contributed by atoms with Gasteiger partial charge in [-0.2, -0.15) is 0 Å². The highest BCUT2D eigenvalue weighted by Crippen LogP contribution is 2.33. The van der Waals surface area contributed by atoms with Crippen molar-refractivity contribution < 1.29 is 15.3 Å². The number of hydrogen-bond donors (Lipinski definition) is 3. The lowest BCUT2D eigenvalue weighted by atomic mass is 9.84. The molecule has 1 aliphatic rings. The molecule has 2 aromatic carbocycles. The van der Waals surface area contributed by atoms with E-state index in [1.807, 2.05) is 31.2 Å². The average molecular weight is 327 g/mol. The zero-order valence-corrected chi connectivity index (χ0v) is 14.0. The van der Waals surface area contributed by atoms with E-state index in [1.54, 1.807) is 24.3 Å². The molecule has 0 saturated carbocycles. The van der Waals surface area contributed by atoms with Gasteiger partial charge in [0.05, 0.1) is 11.7 Å². The summed E-state index contributed by atoms with van der Waals surface area (Å²) in [6, 6.07) is 14.8. The fraction of sp³-hybridized carbons (Fsp3) is 0.400. The Bertz CT molecular complexity index is 658. The largest absolute Gasteiger partial charge is 0.508 e. The van der Waals surface area contributed by atoms with Gasteiger partial charge in [-0.15, -0.1) is 0 Å². The molecular weight excluding hydrogens is 302 g/mol. The second-order valence-corrected chi connectivity index (χ2v) is 6.81. The second kappa shape index (κ2) is 6.93. The zero-order valence-electron chi connectivity index (χ0n) is 14.0. The van der Waals surface area contributed by atoms with Gasteiger partial charge in [-0.1, -0.05) is 42.0 Å². The molecule has 3 rings (SSSR count). The Morgan fingerprint density at radius 1 is 1.00 bits per heavy atom. The van der Waals surface area contributed by atoms with E-state index in [9.17, 15) is 15.3 Å². The topological polar surface area (TPSA) is 63.9 Å². The predicted molar refractivity (Wildman–Crippen MR) is 93.8 cm³/mol. The van der Waals surface area contributed by atoms with Gasteiger partial charge in [0.2, 0.25) is 0 Å². The summed E-state index contributed by atoms with van der Waals surface area (Å²) in [5.74, 6) is 0.201. The maximum Gasteiger partial charge on any atom is 0.115 e. The molecule has 24 heavy (non-hydrogen) atoms. The maximum absolute atomic E-state index is 10.9. The molecule has 0 bridgehead atoms. The van der Waals surface area contributed by atoms with E-state index in [-0.39, 0.29) is 5.75 Å². The molecule has 128 valence electrons. The van der Waals surface area contributed by atoms with Gasteiger partial charge in [-0.25, -0.2) is 0 Å². The number of aromatic hydroxyl groups is 1. The normalized spacial score (nSPS) is 19.1. The molecule has 4 heteroatoms. The minimum Gasteiger partial charge on any atom is -0.508 e. The van der Waals surface area contributed by atoms with E-state index in [0.717, 1.165) is 24.2 Å². The molecule has 1 fully saturated rings. The number of nitrogens with zero attached hydrogens (tertiary/aromatic N) is 1. The Hall–Kier alpha value is -1.88.